The van der Waals surface area contributed by atoms with Gasteiger partial charge in [-0.1, -0.05) is 60.3 Å². The first-order valence-corrected chi connectivity index (χ1v) is 14.6. The highest BCUT2D eigenvalue weighted by Gasteiger charge is 2.22. The molecule has 35 heavy (non-hydrogen) atoms. The standard InChI is InChI=1S/C28H35N2O3PS/c1-4-32-34(31,33-5-2)21-11-18-29-28(35-27-15-10-9-12-24(27)3)22-25-16-19-30(20-17-25)23-26-13-7-6-8-14-26/h6-10,12-17,19-20,22H,4-5,11,18,21,23H2,1-3H3. The van der Waals surface area contributed by atoms with Crippen LogP contribution in [0.25, 0.3) is 0 Å². The smallest absolute Gasteiger partial charge is 0.330 e. The summed E-state index contributed by atoms with van der Waals surface area (Å²) < 4.78 is 23.6. The van der Waals surface area contributed by atoms with Crippen molar-refractivity contribution in [1.29, 1.82) is 0 Å². The average Bonchev–Trinajstić information content (AvgIpc) is 2.85. The molecule has 0 aromatic heterocycles. The second kappa shape index (κ2) is 14.3. The fourth-order valence-electron chi connectivity index (χ4n) is 3.51. The van der Waals surface area contributed by atoms with Gasteiger partial charge in [-0.3, -0.25) is 9.56 Å². The third kappa shape index (κ3) is 9.30. The van der Waals surface area contributed by atoms with Crippen LogP contribution in [-0.2, 0) is 20.2 Å². The Morgan fingerprint density at radius 3 is 2.31 bits per heavy atom. The lowest BCUT2D eigenvalue weighted by molar-refractivity contribution is 0.220. The molecule has 0 aliphatic carbocycles. The normalized spacial score (nSPS) is 14.0. The minimum Gasteiger partial charge on any atom is -0.350 e. The van der Waals surface area contributed by atoms with Crippen molar-refractivity contribution in [3.05, 3.63) is 102 Å². The van der Waals surface area contributed by atoms with E-state index in [2.05, 4.69) is 78.8 Å². The van der Waals surface area contributed by atoms with Crippen molar-refractivity contribution in [2.75, 3.05) is 25.9 Å². The molecule has 0 N–H and O–H groups in total. The Morgan fingerprint density at radius 1 is 1.00 bits per heavy atom. The van der Waals surface area contributed by atoms with Gasteiger partial charge in [0, 0.05) is 30.4 Å². The molecular weight excluding hydrogens is 475 g/mol. The zero-order valence-corrected chi connectivity index (χ0v) is 22.5. The van der Waals surface area contributed by atoms with Crippen molar-refractivity contribution in [3.8, 4) is 0 Å². The van der Waals surface area contributed by atoms with Crippen LogP contribution in [0.1, 0.15) is 31.4 Å². The van der Waals surface area contributed by atoms with Gasteiger partial charge in [0.25, 0.3) is 0 Å². The lowest BCUT2D eigenvalue weighted by atomic mass is 10.1. The molecule has 0 fully saturated rings. The fourth-order valence-corrected chi connectivity index (χ4v) is 6.11. The number of hydrogen-bond donors (Lipinski definition) is 0. The van der Waals surface area contributed by atoms with Gasteiger partial charge in [-0.25, -0.2) is 0 Å². The van der Waals surface area contributed by atoms with E-state index < -0.39 is 7.60 Å². The molecule has 2 aromatic rings. The topological polar surface area (TPSA) is 51.1 Å². The first-order chi connectivity index (χ1) is 17.0. The van der Waals surface area contributed by atoms with Crippen molar-refractivity contribution in [2.45, 2.75) is 38.6 Å². The molecule has 7 heteroatoms. The summed E-state index contributed by atoms with van der Waals surface area (Å²) in [5.74, 6) is 0. The molecule has 1 aliphatic heterocycles. The van der Waals surface area contributed by atoms with Gasteiger partial charge in [0.05, 0.1) is 24.4 Å². The minimum atomic E-state index is -3.04. The molecule has 3 rings (SSSR count). The molecule has 0 saturated heterocycles. The first-order valence-electron chi connectivity index (χ1n) is 12.0. The third-order valence-corrected chi connectivity index (χ3v) is 8.53. The van der Waals surface area contributed by atoms with E-state index in [4.69, 9.17) is 14.0 Å². The van der Waals surface area contributed by atoms with E-state index in [9.17, 15) is 4.57 Å². The number of aryl methyl sites for hydroxylation is 1. The average molecular weight is 511 g/mol. The van der Waals surface area contributed by atoms with Gasteiger partial charge >= 0.3 is 7.60 Å². The van der Waals surface area contributed by atoms with Crippen LogP contribution >= 0.6 is 19.4 Å². The van der Waals surface area contributed by atoms with E-state index in [1.54, 1.807) is 11.8 Å². The van der Waals surface area contributed by atoms with Crippen molar-refractivity contribution in [2.24, 2.45) is 4.99 Å². The van der Waals surface area contributed by atoms with Crippen LogP contribution in [0.15, 0.2) is 101 Å². The number of allylic oxidation sites excluding steroid dienone is 3. The second-order valence-electron chi connectivity index (χ2n) is 8.04. The van der Waals surface area contributed by atoms with Crippen molar-refractivity contribution in [1.82, 2.24) is 4.90 Å². The second-order valence-corrected chi connectivity index (χ2v) is 11.3. The maximum absolute atomic E-state index is 12.7. The quantitative estimate of drug-likeness (QED) is 0.0967. The van der Waals surface area contributed by atoms with Crippen LogP contribution in [-0.4, -0.2) is 35.9 Å². The molecule has 0 spiro atoms. The molecule has 0 atom stereocenters. The summed E-state index contributed by atoms with van der Waals surface area (Å²) in [5, 5.41) is 0.919. The van der Waals surface area contributed by atoms with E-state index in [0.717, 1.165) is 17.2 Å². The maximum atomic E-state index is 12.7. The third-order valence-electron chi connectivity index (χ3n) is 5.23. The summed E-state index contributed by atoms with van der Waals surface area (Å²) in [6, 6.07) is 18.7. The van der Waals surface area contributed by atoms with Crippen LogP contribution < -0.4 is 0 Å². The van der Waals surface area contributed by atoms with Gasteiger partial charge in [0.2, 0.25) is 0 Å². The number of nitrogens with zero attached hydrogens (tertiary/aromatic N) is 2. The predicted octanol–water partition coefficient (Wildman–Crippen LogP) is 7.61. The summed E-state index contributed by atoms with van der Waals surface area (Å²) in [5.41, 5.74) is 3.57. The Hall–Kier alpha value is -2.37. The fraction of sp³-hybridized carbons (Fsp3) is 0.321. The highest BCUT2D eigenvalue weighted by atomic mass is 32.2. The van der Waals surface area contributed by atoms with Crippen LogP contribution in [0.4, 0.5) is 0 Å². The van der Waals surface area contributed by atoms with Crippen LogP contribution in [0, 0.1) is 6.92 Å². The lowest BCUT2D eigenvalue weighted by Crippen LogP contribution is -2.11. The Bertz CT molecular complexity index is 1090. The Balaban J connectivity index is 1.69. The summed E-state index contributed by atoms with van der Waals surface area (Å²) >= 11 is 1.65. The predicted molar refractivity (Wildman–Crippen MR) is 148 cm³/mol. The van der Waals surface area contributed by atoms with E-state index in [1.165, 1.54) is 16.0 Å². The van der Waals surface area contributed by atoms with Crippen molar-refractivity contribution >= 4 is 24.4 Å². The molecule has 0 radical (unpaired) electrons. The van der Waals surface area contributed by atoms with Gasteiger partial charge < -0.3 is 13.9 Å². The number of aliphatic imine (C=N–C) groups is 1. The number of benzene rings is 2. The van der Waals surface area contributed by atoms with E-state index >= 15 is 0 Å². The molecule has 0 amide bonds. The largest absolute Gasteiger partial charge is 0.350 e. The molecule has 1 heterocycles. The van der Waals surface area contributed by atoms with Gasteiger partial charge in [0.1, 0.15) is 0 Å². The molecular formula is C28H35N2O3PS. The SMILES string of the molecule is CCOP(=O)(CCCN=C(C=C1C=CN(Cc2ccccc2)C=C1)Sc1ccccc1C)OCC. The maximum Gasteiger partial charge on any atom is 0.330 e. The summed E-state index contributed by atoms with van der Waals surface area (Å²) in [6.07, 6.45) is 11.5. The van der Waals surface area contributed by atoms with Crippen molar-refractivity contribution in [3.63, 3.8) is 0 Å². The van der Waals surface area contributed by atoms with Gasteiger partial charge in [0.15, 0.2) is 0 Å². The van der Waals surface area contributed by atoms with Gasteiger partial charge in [-0.05, 0) is 68.2 Å². The summed E-state index contributed by atoms with van der Waals surface area (Å²) in [4.78, 5) is 8.19. The molecule has 186 valence electrons. The summed E-state index contributed by atoms with van der Waals surface area (Å²) in [6.45, 7) is 7.91. The molecule has 1 aliphatic rings. The number of hydrogen-bond acceptors (Lipinski definition) is 6. The number of thioether (sulfide) groups is 1. The monoisotopic (exact) mass is 510 g/mol. The molecule has 5 nitrogen and oxygen atoms in total. The van der Waals surface area contributed by atoms with E-state index in [1.807, 2.05) is 32.0 Å². The molecule has 2 aromatic carbocycles. The Morgan fingerprint density at radius 2 is 1.66 bits per heavy atom. The molecule has 0 saturated carbocycles. The van der Waals surface area contributed by atoms with Crippen LogP contribution in [0.2, 0.25) is 0 Å². The van der Waals surface area contributed by atoms with Gasteiger partial charge in [-0.2, -0.15) is 0 Å². The number of rotatable bonds is 12. The zero-order valence-electron chi connectivity index (χ0n) is 20.8. The first kappa shape index (κ1) is 27.2. The summed E-state index contributed by atoms with van der Waals surface area (Å²) in [7, 11) is -3.04. The molecule has 0 unspecified atom stereocenters. The van der Waals surface area contributed by atoms with E-state index in [0.29, 0.717) is 32.3 Å². The Labute approximate surface area is 214 Å². The minimum absolute atomic E-state index is 0.366. The Kier molecular flexibility index (Phi) is 11.1. The molecule has 0 bridgehead atoms. The van der Waals surface area contributed by atoms with Crippen LogP contribution in [0.5, 0.6) is 0 Å². The highest BCUT2D eigenvalue weighted by molar-refractivity contribution is 8.14. The van der Waals surface area contributed by atoms with Crippen LogP contribution in [0.3, 0.4) is 0 Å². The zero-order chi connectivity index (χ0) is 24.9. The highest BCUT2D eigenvalue weighted by Crippen LogP contribution is 2.48. The lowest BCUT2D eigenvalue weighted by Gasteiger charge is -2.19. The van der Waals surface area contributed by atoms with Gasteiger partial charge in [-0.15, -0.1) is 0 Å². The van der Waals surface area contributed by atoms with Crippen molar-refractivity contribution < 1.29 is 13.6 Å². The van der Waals surface area contributed by atoms with E-state index in [-0.39, 0.29) is 0 Å².